The minimum Gasteiger partial charge on any atom is -0.399 e. The van der Waals surface area contributed by atoms with E-state index in [-0.39, 0.29) is 11.7 Å². The summed E-state index contributed by atoms with van der Waals surface area (Å²) < 4.78 is 13.0. The summed E-state index contributed by atoms with van der Waals surface area (Å²) in [6.45, 7) is 0. The van der Waals surface area contributed by atoms with Crippen LogP contribution in [-0.4, -0.2) is 11.7 Å². The van der Waals surface area contributed by atoms with Gasteiger partial charge in [-0.05, 0) is 42.5 Å². The van der Waals surface area contributed by atoms with Crippen molar-refractivity contribution in [1.82, 2.24) is 0 Å². The number of anilines is 3. The molecule has 0 spiro atoms. The topological polar surface area (TPSA) is 46.3 Å². The fourth-order valence-corrected chi connectivity index (χ4v) is 2.98. The van der Waals surface area contributed by atoms with Crippen molar-refractivity contribution in [2.75, 3.05) is 16.4 Å². The lowest BCUT2D eigenvalue weighted by atomic mass is 10.2. The number of thioether (sulfide) groups is 1. The summed E-state index contributed by atoms with van der Waals surface area (Å²) in [4.78, 5) is 14.7. The molecule has 1 amide bonds. The molecule has 0 radical (unpaired) electrons. The van der Waals surface area contributed by atoms with Gasteiger partial charge in [-0.3, -0.25) is 9.69 Å². The van der Waals surface area contributed by atoms with Gasteiger partial charge < -0.3 is 5.73 Å². The average Bonchev–Trinajstić information content (AvgIpc) is 2.40. The highest BCUT2D eigenvalue weighted by molar-refractivity contribution is 8.00. The number of hydrogen-bond acceptors (Lipinski definition) is 3. The number of carbonyl (C=O) groups excluding carboxylic acids is 1. The van der Waals surface area contributed by atoms with Gasteiger partial charge in [-0.2, -0.15) is 0 Å². The number of hydrogen-bond donors (Lipinski definition) is 1. The Kier molecular flexibility index (Phi) is 2.91. The van der Waals surface area contributed by atoms with Crippen molar-refractivity contribution >= 4 is 34.7 Å². The first-order valence-electron chi connectivity index (χ1n) is 5.76. The SMILES string of the molecule is Nc1ccc2c(c1)SCC(=O)N2c1ccc(F)cc1. The summed E-state index contributed by atoms with van der Waals surface area (Å²) in [6.07, 6.45) is 0. The van der Waals surface area contributed by atoms with E-state index in [0.717, 1.165) is 10.6 Å². The number of halogens is 1. The van der Waals surface area contributed by atoms with Crippen LogP contribution in [-0.2, 0) is 4.79 Å². The lowest BCUT2D eigenvalue weighted by molar-refractivity contribution is -0.115. The first kappa shape index (κ1) is 12.0. The van der Waals surface area contributed by atoms with E-state index in [1.165, 1.54) is 23.9 Å². The zero-order chi connectivity index (χ0) is 13.4. The molecule has 0 saturated heterocycles. The van der Waals surface area contributed by atoms with Crippen LogP contribution in [0.4, 0.5) is 21.5 Å². The highest BCUT2D eigenvalue weighted by Crippen LogP contribution is 2.40. The van der Waals surface area contributed by atoms with Crippen LogP contribution >= 0.6 is 11.8 Å². The van der Waals surface area contributed by atoms with Crippen molar-refractivity contribution in [3.63, 3.8) is 0 Å². The highest BCUT2D eigenvalue weighted by Gasteiger charge is 2.26. The molecule has 0 unspecified atom stereocenters. The molecule has 0 fully saturated rings. The first-order valence-corrected chi connectivity index (χ1v) is 6.74. The molecule has 19 heavy (non-hydrogen) atoms. The van der Waals surface area contributed by atoms with E-state index in [9.17, 15) is 9.18 Å². The molecule has 0 aromatic heterocycles. The normalized spacial score (nSPS) is 14.4. The van der Waals surface area contributed by atoms with Gasteiger partial charge in [0.25, 0.3) is 0 Å². The van der Waals surface area contributed by atoms with E-state index in [1.54, 1.807) is 23.1 Å². The standard InChI is InChI=1S/C14H11FN2OS/c15-9-1-4-11(5-2-9)17-12-6-3-10(16)7-13(12)19-8-14(17)18/h1-7H,8,16H2. The van der Waals surface area contributed by atoms with Crippen molar-refractivity contribution < 1.29 is 9.18 Å². The Hall–Kier alpha value is -2.01. The fraction of sp³-hybridized carbons (Fsp3) is 0.0714. The molecule has 1 aliphatic heterocycles. The summed E-state index contributed by atoms with van der Waals surface area (Å²) in [5.41, 5.74) is 7.88. The molecular weight excluding hydrogens is 263 g/mol. The highest BCUT2D eigenvalue weighted by atomic mass is 32.2. The lowest BCUT2D eigenvalue weighted by Gasteiger charge is -2.29. The molecule has 0 atom stereocenters. The first-order chi connectivity index (χ1) is 9.15. The van der Waals surface area contributed by atoms with Gasteiger partial charge in [0, 0.05) is 16.3 Å². The summed E-state index contributed by atoms with van der Waals surface area (Å²) in [5, 5.41) is 0. The van der Waals surface area contributed by atoms with Crippen molar-refractivity contribution in [3.05, 3.63) is 48.3 Å². The summed E-state index contributed by atoms with van der Waals surface area (Å²) >= 11 is 1.47. The molecule has 3 rings (SSSR count). The Morgan fingerprint density at radius 2 is 1.89 bits per heavy atom. The summed E-state index contributed by atoms with van der Waals surface area (Å²) in [5.74, 6) is 0.0161. The lowest BCUT2D eigenvalue weighted by Crippen LogP contribution is -2.30. The Morgan fingerprint density at radius 1 is 1.16 bits per heavy atom. The van der Waals surface area contributed by atoms with Crippen LogP contribution in [0, 0.1) is 5.82 Å². The minimum absolute atomic E-state index is 0.0196. The zero-order valence-electron chi connectivity index (χ0n) is 9.97. The number of fused-ring (bicyclic) bond motifs is 1. The third-order valence-electron chi connectivity index (χ3n) is 2.91. The molecule has 96 valence electrons. The minimum atomic E-state index is -0.319. The smallest absolute Gasteiger partial charge is 0.241 e. The molecule has 0 saturated carbocycles. The molecule has 1 heterocycles. The van der Waals surface area contributed by atoms with E-state index in [0.29, 0.717) is 17.1 Å². The van der Waals surface area contributed by atoms with Crippen LogP contribution in [0.5, 0.6) is 0 Å². The van der Waals surface area contributed by atoms with E-state index in [1.807, 2.05) is 12.1 Å². The predicted octanol–water partition coefficient (Wildman–Crippen LogP) is 3.18. The number of nitrogens with zero attached hydrogens (tertiary/aromatic N) is 1. The van der Waals surface area contributed by atoms with Crippen LogP contribution < -0.4 is 10.6 Å². The second kappa shape index (κ2) is 4.59. The second-order valence-electron chi connectivity index (χ2n) is 4.22. The van der Waals surface area contributed by atoms with E-state index < -0.39 is 0 Å². The van der Waals surface area contributed by atoms with E-state index >= 15 is 0 Å². The third-order valence-corrected chi connectivity index (χ3v) is 3.94. The maximum absolute atomic E-state index is 13.0. The van der Waals surface area contributed by atoms with Gasteiger partial charge in [0.1, 0.15) is 5.82 Å². The Bertz CT molecular complexity index is 642. The maximum atomic E-state index is 13.0. The third kappa shape index (κ3) is 2.17. The van der Waals surface area contributed by atoms with Crippen LogP contribution in [0.15, 0.2) is 47.4 Å². The van der Waals surface area contributed by atoms with E-state index in [4.69, 9.17) is 5.73 Å². The molecule has 0 bridgehead atoms. The van der Waals surface area contributed by atoms with Crippen LogP contribution in [0.3, 0.4) is 0 Å². The van der Waals surface area contributed by atoms with Gasteiger partial charge in [0.2, 0.25) is 5.91 Å². The number of carbonyl (C=O) groups is 1. The molecule has 0 aliphatic carbocycles. The zero-order valence-corrected chi connectivity index (χ0v) is 10.8. The number of amides is 1. The molecular formula is C14H11FN2OS. The molecule has 2 N–H and O–H groups in total. The van der Waals surface area contributed by atoms with Gasteiger partial charge in [-0.15, -0.1) is 11.8 Å². The monoisotopic (exact) mass is 274 g/mol. The van der Waals surface area contributed by atoms with Gasteiger partial charge in [-0.25, -0.2) is 4.39 Å². The number of benzene rings is 2. The molecule has 2 aromatic carbocycles. The fourth-order valence-electron chi connectivity index (χ4n) is 2.04. The van der Waals surface area contributed by atoms with Crippen LogP contribution in [0.1, 0.15) is 0 Å². The average molecular weight is 274 g/mol. The Balaban J connectivity index is 2.10. The number of nitrogens with two attached hydrogens (primary N) is 1. The Morgan fingerprint density at radius 3 is 2.63 bits per heavy atom. The van der Waals surface area contributed by atoms with Gasteiger partial charge in [0.15, 0.2) is 0 Å². The number of rotatable bonds is 1. The predicted molar refractivity (Wildman–Crippen MR) is 75.1 cm³/mol. The number of nitrogen functional groups attached to an aromatic ring is 1. The van der Waals surface area contributed by atoms with Gasteiger partial charge in [-0.1, -0.05) is 0 Å². The maximum Gasteiger partial charge on any atom is 0.241 e. The van der Waals surface area contributed by atoms with Crippen molar-refractivity contribution in [2.24, 2.45) is 0 Å². The quantitative estimate of drug-likeness (QED) is 0.812. The van der Waals surface area contributed by atoms with Gasteiger partial charge in [0.05, 0.1) is 11.4 Å². The summed E-state index contributed by atoms with van der Waals surface area (Å²) in [7, 11) is 0. The van der Waals surface area contributed by atoms with E-state index in [2.05, 4.69) is 0 Å². The summed E-state index contributed by atoms with van der Waals surface area (Å²) in [6, 6.07) is 11.3. The Labute approximate surface area is 114 Å². The van der Waals surface area contributed by atoms with Crippen molar-refractivity contribution in [1.29, 1.82) is 0 Å². The molecule has 3 nitrogen and oxygen atoms in total. The van der Waals surface area contributed by atoms with Gasteiger partial charge >= 0.3 is 0 Å². The molecule has 2 aromatic rings. The second-order valence-corrected chi connectivity index (χ2v) is 5.24. The van der Waals surface area contributed by atoms with Crippen LogP contribution in [0.2, 0.25) is 0 Å². The molecule has 5 heteroatoms. The van der Waals surface area contributed by atoms with Crippen molar-refractivity contribution in [2.45, 2.75) is 4.90 Å². The van der Waals surface area contributed by atoms with Crippen LogP contribution in [0.25, 0.3) is 0 Å². The molecule has 1 aliphatic rings. The van der Waals surface area contributed by atoms with Crippen molar-refractivity contribution in [3.8, 4) is 0 Å². The largest absolute Gasteiger partial charge is 0.399 e.